The number of carbonyl (C=O) groups excluding carboxylic acids is 2. The third kappa shape index (κ3) is 8.43. The molecular weight excluding hydrogens is 662 g/mol. The molecule has 14 nitrogen and oxygen atoms in total. The lowest BCUT2D eigenvalue weighted by Crippen LogP contribution is -2.19. The fourth-order valence-corrected chi connectivity index (χ4v) is 5.69. The van der Waals surface area contributed by atoms with Gasteiger partial charge in [0.05, 0.1) is 35.4 Å². The van der Waals surface area contributed by atoms with Crippen molar-refractivity contribution in [3.63, 3.8) is 0 Å². The Morgan fingerprint density at radius 3 is 2.44 bits per heavy atom. The first kappa shape index (κ1) is 33.8. The van der Waals surface area contributed by atoms with E-state index in [9.17, 15) is 18.0 Å². The van der Waals surface area contributed by atoms with Crippen molar-refractivity contribution in [1.29, 1.82) is 0 Å². The molecule has 2 heterocycles. The predicted octanol–water partition coefficient (Wildman–Crippen LogP) is 5.14. The van der Waals surface area contributed by atoms with Gasteiger partial charge in [0.1, 0.15) is 11.1 Å². The average Bonchev–Trinajstić information content (AvgIpc) is 3.57. The second kappa shape index (κ2) is 15.4. The Kier molecular flexibility index (Phi) is 10.8. The second-order valence-electron chi connectivity index (χ2n) is 10.3. The molecule has 0 spiro atoms. The molecule has 0 aliphatic rings. The van der Waals surface area contributed by atoms with E-state index in [1.54, 1.807) is 80.7 Å². The Balaban J connectivity index is 1.11. The summed E-state index contributed by atoms with van der Waals surface area (Å²) >= 11 is 6.32. The van der Waals surface area contributed by atoms with E-state index < -0.39 is 26.9 Å². The lowest BCUT2D eigenvalue weighted by Gasteiger charge is -2.14. The van der Waals surface area contributed by atoms with Crippen LogP contribution in [0.4, 0.5) is 23.1 Å². The standard InChI is InChI=1S/C32H30ClN7O7S/c1-20(16-17-45-30-31(40-47-39-30)48(43,44)23-8-4-3-5-9-23)46-27(41)18-21-12-14-22(15-13-21)36-32-35-19-25(33)28(38-32)37-26-11-7-6-10-24(26)29(42)34-2/h3-15,19-20H,16-18H2,1-2H3,(H,34,42)(H2,35,36,37,38). The Morgan fingerprint density at radius 1 is 0.958 bits per heavy atom. The van der Waals surface area contributed by atoms with Crippen LogP contribution in [0, 0.1) is 0 Å². The molecule has 2 aromatic heterocycles. The Hall–Kier alpha value is -5.54. The summed E-state index contributed by atoms with van der Waals surface area (Å²) in [7, 11) is -2.43. The topological polar surface area (TPSA) is 188 Å². The number of sulfone groups is 1. The van der Waals surface area contributed by atoms with E-state index in [0.717, 1.165) is 0 Å². The van der Waals surface area contributed by atoms with E-state index >= 15 is 0 Å². The molecule has 248 valence electrons. The van der Waals surface area contributed by atoms with Crippen molar-refractivity contribution in [1.82, 2.24) is 25.6 Å². The number of carbonyl (C=O) groups is 2. The predicted molar refractivity (Wildman–Crippen MR) is 175 cm³/mol. The zero-order valence-corrected chi connectivity index (χ0v) is 27.3. The van der Waals surface area contributed by atoms with Gasteiger partial charge in [-0.05, 0) is 59.2 Å². The zero-order chi connectivity index (χ0) is 34.1. The summed E-state index contributed by atoms with van der Waals surface area (Å²) in [4.78, 5) is 33.5. The van der Waals surface area contributed by atoms with Crippen molar-refractivity contribution in [2.75, 3.05) is 24.3 Å². The van der Waals surface area contributed by atoms with Crippen LogP contribution in [0.15, 0.2) is 99.6 Å². The maximum Gasteiger partial charge on any atom is 0.310 e. The van der Waals surface area contributed by atoms with E-state index in [1.165, 1.54) is 18.3 Å². The Bertz CT molecular complexity index is 1990. The number of hydrogen-bond donors (Lipinski definition) is 3. The normalized spacial score (nSPS) is 11.7. The van der Waals surface area contributed by atoms with Gasteiger partial charge in [-0.2, -0.15) is 4.98 Å². The van der Waals surface area contributed by atoms with Gasteiger partial charge in [-0.1, -0.05) is 54.1 Å². The van der Waals surface area contributed by atoms with Gasteiger partial charge >= 0.3 is 5.97 Å². The highest BCUT2D eigenvalue weighted by molar-refractivity contribution is 7.91. The van der Waals surface area contributed by atoms with E-state index in [-0.39, 0.29) is 47.1 Å². The van der Waals surface area contributed by atoms with Crippen LogP contribution < -0.4 is 20.7 Å². The van der Waals surface area contributed by atoms with Crippen LogP contribution in [0.5, 0.6) is 5.88 Å². The van der Waals surface area contributed by atoms with Crippen LogP contribution in [0.25, 0.3) is 0 Å². The van der Waals surface area contributed by atoms with Crippen molar-refractivity contribution < 1.29 is 32.1 Å². The first-order chi connectivity index (χ1) is 23.1. The summed E-state index contributed by atoms with van der Waals surface area (Å²) in [5, 5.41) is 15.7. The smallest absolute Gasteiger partial charge is 0.310 e. The summed E-state index contributed by atoms with van der Waals surface area (Å²) in [5.74, 6) is -0.419. The summed E-state index contributed by atoms with van der Waals surface area (Å²) in [6.45, 7) is 1.70. The summed E-state index contributed by atoms with van der Waals surface area (Å²) in [6, 6.07) is 21.7. The quantitative estimate of drug-likeness (QED) is 0.130. The zero-order valence-electron chi connectivity index (χ0n) is 25.7. The van der Waals surface area contributed by atoms with Crippen molar-refractivity contribution in [3.05, 3.63) is 101 Å². The first-order valence-electron chi connectivity index (χ1n) is 14.6. The van der Waals surface area contributed by atoms with E-state index in [2.05, 4.69) is 40.9 Å². The van der Waals surface area contributed by atoms with Gasteiger partial charge in [0.15, 0.2) is 5.82 Å². The molecule has 0 fully saturated rings. The van der Waals surface area contributed by atoms with Crippen molar-refractivity contribution >= 4 is 56.5 Å². The molecule has 5 rings (SSSR count). The molecule has 3 N–H and O–H groups in total. The van der Waals surface area contributed by atoms with Gasteiger partial charge in [-0.25, -0.2) is 18.0 Å². The van der Waals surface area contributed by atoms with Crippen LogP contribution in [0.2, 0.25) is 5.02 Å². The molecule has 0 bridgehead atoms. The van der Waals surface area contributed by atoms with Crippen LogP contribution >= 0.6 is 11.6 Å². The number of nitrogens with zero attached hydrogens (tertiary/aromatic N) is 4. The molecule has 1 amide bonds. The molecule has 3 aromatic carbocycles. The van der Waals surface area contributed by atoms with Crippen molar-refractivity contribution in [2.24, 2.45) is 0 Å². The fourth-order valence-electron chi connectivity index (χ4n) is 4.35. The molecule has 0 saturated heterocycles. The van der Waals surface area contributed by atoms with E-state index in [1.807, 2.05) is 0 Å². The molecule has 16 heteroatoms. The van der Waals surface area contributed by atoms with Gasteiger partial charge < -0.3 is 25.4 Å². The summed E-state index contributed by atoms with van der Waals surface area (Å²) in [6.07, 6.45) is 1.20. The highest BCUT2D eigenvalue weighted by atomic mass is 35.5. The van der Waals surface area contributed by atoms with Crippen LogP contribution in [-0.2, 0) is 25.8 Å². The molecule has 1 atom stereocenters. The number of nitrogens with one attached hydrogen (secondary N) is 3. The summed E-state index contributed by atoms with van der Waals surface area (Å²) in [5.41, 5.74) is 2.32. The molecule has 1 unspecified atom stereocenters. The Labute approximate surface area is 280 Å². The lowest BCUT2D eigenvalue weighted by molar-refractivity contribution is -0.147. The van der Waals surface area contributed by atoms with Gasteiger partial charge in [-0.3, -0.25) is 9.59 Å². The fraction of sp³-hybridized carbons (Fsp3) is 0.188. The van der Waals surface area contributed by atoms with Crippen LogP contribution in [-0.4, -0.2) is 60.3 Å². The highest BCUT2D eigenvalue weighted by Gasteiger charge is 2.28. The van der Waals surface area contributed by atoms with E-state index in [4.69, 9.17) is 21.1 Å². The molecule has 5 aromatic rings. The second-order valence-corrected chi connectivity index (χ2v) is 12.5. The number of amides is 1. The largest absolute Gasteiger partial charge is 0.473 e. The van der Waals surface area contributed by atoms with Gasteiger partial charge in [0.2, 0.25) is 15.8 Å². The third-order valence-electron chi connectivity index (χ3n) is 6.79. The van der Waals surface area contributed by atoms with Gasteiger partial charge in [0.25, 0.3) is 16.8 Å². The van der Waals surface area contributed by atoms with Gasteiger partial charge in [0, 0.05) is 19.2 Å². The number of benzene rings is 3. The molecule has 0 radical (unpaired) electrons. The monoisotopic (exact) mass is 691 g/mol. The average molecular weight is 692 g/mol. The Morgan fingerprint density at radius 2 is 1.69 bits per heavy atom. The first-order valence-corrected chi connectivity index (χ1v) is 16.4. The van der Waals surface area contributed by atoms with Crippen molar-refractivity contribution in [2.45, 2.75) is 35.8 Å². The highest BCUT2D eigenvalue weighted by Crippen LogP contribution is 2.28. The number of ether oxygens (including phenoxy) is 2. The maximum absolute atomic E-state index is 12.8. The number of hydrogen-bond acceptors (Lipinski definition) is 13. The van der Waals surface area contributed by atoms with Crippen molar-refractivity contribution in [3.8, 4) is 5.88 Å². The SMILES string of the molecule is CNC(=O)c1ccccc1Nc1nc(Nc2ccc(CC(=O)OC(C)CCOc3nonc3S(=O)(=O)c3ccccc3)cc2)ncc1Cl. The number of para-hydroxylation sites is 1. The number of esters is 1. The van der Waals surface area contributed by atoms with E-state index in [0.29, 0.717) is 28.3 Å². The summed E-state index contributed by atoms with van der Waals surface area (Å²) < 4.78 is 41.3. The molecule has 48 heavy (non-hydrogen) atoms. The molecular formula is C32H30ClN7O7S. The molecule has 0 aliphatic carbocycles. The number of halogens is 1. The number of aromatic nitrogens is 4. The molecule has 0 saturated carbocycles. The van der Waals surface area contributed by atoms with Crippen LogP contribution in [0.3, 0.4) is 0 Å². The minimum atomic E-state index is -3.98. The number of anilines is 4. The van der Waals surface area contributed by atoms with Crippen LogP contribution in [0.1, 0.15) is 29.3 Å². The number of rotatable bonds is 14. The minimum Gasteiger partial charge on any atom is -0.473 e. The van der Waals surface area contributed by atoms with Gasteiger partial charge in [-0.15, -0.1) is 0 Å². The molecule has 0 aliphatic heterocycles. The third-order valence-corrected chi connectivity index (χ3v) is 8.72. The lowest BCUT2D eigenvalue weighted by atomic mass is 10.1. The minimum absolute atomic E-state index is 0.00488. The maximum atomic E-state index is 12.8.